The van der Waals surface area contributed by atoms with Crippen LogP contribution in [0.25, 0.3) is 0 Å². The van der Waals surface area contributed by atoms with Gasteiger partial charge < -0.3 is 0 Å². The molecule has 0 N–H and O–H groups in total. The summed E-state index contributed by atoms with van der Waals surface area (Å²) in [5.74, 6) is 0. The van der Waals surface area contributed by atoms with Crippen LogP contribution in [0, 0.1) is 0 Å². The Bertz CT molecular complexity index is 214. The second-order valence-corrected chi connectivity index (χ2v) is 7.95. The maximum absolute atomic E-state index is 2.30. The van der Waals surface area contributed by atoms with E-state index in [9.17, 15) is 0 Å². The first-order valence-electron chi connectivity index (χ1n) is 4.03. The van der Waals surface area contributed by atoms with Gasteiger partial charge in [-0.05, 0) is 24.0 Å². The minimum Gasteiger partial charge on any atom is -0.0914 e. The molecule has 1 aromatic carbocycles. The second kappa shape index (κ2) is 3.65. The first-order valence-corrected chi connectivity index (χ1v) is 7.60. The molecule has 2 rings (SSSR count). The van der Waals surface area contributed by atoms with Crippen LogP contribution < -0.4 is 5.30 Å². The van der Waals surface area contributed by atoms with E-state index in [0.717, 1.165) is 0 Å². The van der Waals surface area contributed by atoms with Crippen LogP contribution in [0.3, 0.4) is 0 Å². The van der Waals surface area contributed by atoms with E-state index in [4.69, 9.17) is 0 Å². The summed E-state index contributed by atoms with van der Waals surface area (Å²) in [6.07, 6.45) is 4.44. The minimum atomic E-state index is 0.288. The summed E-state index contributed by atoms with van der Waals surface area (Å²) in [4.78, 5) is 0. The standard InChI is InChI=1S/C9H12P2/c1-2-5-9(6-3-1)11-8-4-7-10-11/h1-3,5-6,10H,4,7-8H2. The zero-order valence-electron chi connectivity index (χ0n) is 6.46. The predicted molar refractivity (Wildman–Crippen MR) is 55.7 cm³/mol. The number of hydrogen-bond donors (Lipinski definition) is 0. The quantitative estimate of drug-likeness (QED) is 0.586. The average molecular weight is 182 g/mol. The van der Waals surface area contributed by atoms with Crippen LogP contribution in [-0.4, -0.2) is 12.3 Å². The molecular formula is C9H12P2. The van der Waals surface area contributed by atoms with Crippen LogP contribution >= 0.6 is 15.9 Å². The van der Waals surface area contributed by atoms with E-state index in [1.165, 1.54) is 27.0 Å². The molecule has 0 spiro atoms. The molecule has 0 aromatic heterocycles. The van der Waals surface area contributed by atoms with Crippen molar-refractivity contribution >= 4 is 21.2 Å². The van der Waals surface area contributed by atoms with Crippen molar-refractivity contribution in [3.05, 3.63) is 30.3 Å². The van der Waals surface area contributed by atoms with Crippen molar-refractivity contribution in [1.29, 1.82) is 0 Å². The lowest BCUT2D eigenvalue weighted by Gasteiger charge is -2.08. The third kappa shape index (κ3) is 1.81. The van der Waals surface area contributed by atoms with Gasteiger partial charge in [0.05, 0.1) is 0 Å². The average Bonchev–Trinajstić information content (AvgIpc) is 2.58. The van der Waals surface area contributed by atoms with Gasteiger partial charge >= 0.3 is 0 Å². The summed E-state index contributed by atoms with van der Waals surface area (Å²) in [7, 11) is 1.53. The molecule has 1 aliphatic rings. The van der Waals surface area contributed by atoms with Gasteiger partial charge in [-0.1, -0.05) is 46.2 Å². The summed E-state index contributed by atoms with van der Waals surface area (Å²) >= 11 is 0. The molecule has 1 aliphatic heterocycles. The third-order valence-corrected chi connectivity index (χ3v) is 7.83. The van der Waals surface area contributed by atoms with E-state index in [1.807, 2.05) is 0 Å². The zero-order chi connectivity index (χ0) is 7.52. The van der Waals surface area contributed by atoms with Crippen LogP contribution in [0.5, 0.6) is 0 Å². The second-order valence-electron chi connectivity index (χ2n) is 2.75. The number of benzene rings is 1. The normalized spacial score (nSPS) is 26.0. The molecule has 1 heterocycles. The third-order valence-electron chi connectivity index (χ3n) is 1.93. The van der Waals surface area contributed by atoms with Gasteiger partial charge in [0.25, 0.3) is 0 Å². The van der Waals surface area contributed by atoms with Crippen molar-refractivity contribution in [2.24, 2.45) is 0 Å². The first kappa shape index (κ1) is 7.71. The molecule has 0 aliphatic carbocycles. The molecule has 0 nitrogen and oxygen atoms in total. The molecule has 2 heteroatoms. The first-order chi connectivity index (χ1) is 5.47. The van der Waals surface area contributed by atoms with Crippen LogP contribution in [0.2, 0.25) is 0 Å². The Morgan fingerprint density at radius 1 is 1.18 bits per heavy atom. The highest BCUT2D eigenvalue weighted by Gasteiger charge is 2.15. The van der Waals surface area contributed by atoms with Gasteiger partial charge in [0.15, 0.2) is 0 Å². The van der Waals surface area contributed by atoms with Gasteiger partial charge in [0, 0.05) is 0 Å². The molecular weight excluding hydrogens is 170 g/mol. The molecule has 0 radical (unpaired) electrons. The summed E-state index contributed by atoms with van der Waals surface area (Å²) < 4.78 is 0. The van der Waals surface area contributed by atoms with E-state index in [0.29, 0.717) is 0 Å². The zero-order valence-corrected chi connectivity index (χ0v) is 8.35. The van der Waals surface area contributed by atoms with Gasteiger partial charge in [-0.3, -0.25) is 0 Å². The van der Waals surface area contributed by atoms with Crippen LogP contribution in [0.4, 0.5) is 0 Å². The summed E-state index contributed by atoms with van der Waals surface area (Å²) in [6, 6.07) is 11.0. The van der Waals surface area contributed by atoms with Crippen molar-refractivity contribution in [3.8, 4) is 0 Å². The fraction of sp³-hybridized carbons (Fsp3) is 0.333. The molecule has 0 bridgehead atoms. The van der Waals surface area contributed by atoms with Crippen LogP contribution in [0.1, 0.15) is 6.42 Å². The SMILES string of the molecule is c1ccc(P2CCCP2)cc1. The highest BCUT2D eigenvalue weighted by Crippen LogP contribution is 2.59. The highest BCUT2D eigenvalue weighted by atomic mass is 32.0. The summed E-state index contributed by atoms with van der Waals surface area (Å²) in [6.45, 7) is 0. The van der Waals surface area contributed by atoms with E-state index < -0.39 is 0 Å². The Balaban J connectivity index is 2.16. The summed E-state index contributed by atoms with van der Waals surface area (Å²) in [5.41, 5.74) is 0. The highest BCUT2D eigenvalue weighted by molar-refractivity contribution is 8.25. The maximum Gasteiger partial charge on any atom is -0.0199 e. The predicted octanol–water partition coefficient (Wildman–Crippen LogP) is 2.79. The Kier molecular flexibility index (Phi) is 2.56. The molecule has 0 amide bonds. The Morgan fingerprint density at radius 3 is 2.64 bits per heavy atom. The Hall–Kier alpha value is 0.0800. The van der Waals surface area contributed by atoms with Crippen molar-refractivity contribution in [2.45, 2.75) is 6.42 Å². The van der Waals surface area contributed by atoms with Gasteiger partial charge in [-0.15, -0.1) is 0 Å². The molecule has 2 unspecified atom stereocenters. The molecule has 0 saturated carbocycles. The number of hydrogen-bond acceptors (Lipinski definition) is 0. The van der Waals surface area contributed by atoms with Gasteiger partial charge in [0.1, 0.15) is 0 Å². The monoisotopic (exact) mass is 182 g/mol. The largest absolute Gasteiger partial charge is 0.0914 e. The van der Waals surface area contributed by atoms with Gasteiger partial charge in [-0.2, -0.15) is 0 Å². The van der Waals surface area contributed by atoms with Crippen molar-refractivity contribution in [2.75, 3.05) is 12.3 Å². The maximum atomic E-state index is 2.30. The lowest BCUT2D eigenvalue weighted by Crippen LogP contribution is -1.95. The summed E-state index contributed by atoms with van der Waals surface area (Å²) in [5, 5.41) is 1.62. The Labute approximate surface area is 70.8 Å². The van der Waals surface area contributed by atoms with E-state index in [-0.39, 0.29) is 7.61 Å². The van der Waals surface area contributed by atoms with Crippen LogP contribution in [0.15, 0.2) is 30.3 Å². The topological polar surface area (TPSA) is 0 Å². The molecule has 11 heavy (non-hydrogen) atoms. The molecule has 58 valence electrons. The molecule has 1 aromatic rings. The Morgan fingerprint density at radius 2 is 2.00 bits per heavy atom. The van der Waals surface area contributed by atoms with Crippen molar-refractivity contribution < 1.29 is 0 Å². The number of rotatable bonds is 1. The smallest absolute Gasteiger partial charge is 0.0199 e. The van der Waals surface area contributed by atoms with Gasteiger partial charge in [0.2, 0.25) is 0 Å². The van der Waals surface area contributed by atoms with Crippen LogP contribution in [-0.2, 0) is 0 Å². The van der Waals surface area contributed by atoms with E-state index in [2.05, 4.69) is 30.3 Å². The van der Waals surface area contributed by atoms with Gasteiger partial charge in [-0.25, -0.2) is 0 Å². The lowest BCUT2D eigenvalue weighted by molar-refractivity contribution is 1.14. The fourth-order valence-electron chi connectivity index (χ4n) is 1.36. The lowest BCUT2D eigenvalue weighted by atomic mass is 10.4. The fourth-order valence-corrected chi connectivity index (χ4v) is 7.09. The molecule has 2 atom stereocenters. The van der Waals surface area contributed by atoms with E-state index >= 15 is 0 Å². The molecule has 1 saturated heterocycles. The van der Waals surface area contributed by atoms with E-state index in [1.54, 1.807) is 5.30 Å². The minimum absolute atomic E-state index is 0.288. The molecule has 1 fully saturated rings. The van der Waals surface area contributed by atoms with Crippen molar-refractivity contribution in [3.63, 3.8) is 0 Å². The van der Waals surface area contributed by atoms with Crippen molar-refractivity contribution in [1.82, 2.24) is 0 Å².